The molecular formula is C29H34N4O4. The lowest BCUT2D eigenvalue weighted by molar-refractivity contribution is 0.0594. The van der Waals surface area contributed by atoms with Crippen LogP contribution in [-0.4, -0.2) is 54.4 Å². The SMILES string of the molecule is O=C(NCCN1CCC(OC(=O)Nc2ccccc2-c2ccccc2)CC1)NCc1cccc(CO)c1. The molecule has 0 saturated carbocycles. The molecule has 194 valence electrons. The highest BCUT2D eigenvalue weighted by Crippen LogP contribution is 2.28. The number of para-hydroxylation sites is 1. The van der Waals surface area contributed by atoms with Crippen LogP contribution in [-0.2, 0) is 17.9 Å². The van der Waals surface area contributed by atoms with Gasteiger partial charge in [-0.15, -0.1) is 0 Å². The molecule has 0 radical (unpaired) electrons. The summed E-state index contributed by atoms with van der Waals surface area (Å²) < 4.78 is 5.70. The molecule has 3 amide bonds. The van der Waals surface area contributed by atoms with Crippen molar-refractivity contribution in [2.24, 2.45) is 0 Å². The van der Waals surface area contributed by atoms with Gasteiger partial charge in [0.25, 0.3) is 0 Å². The Morgan fingerprint density at radius 3 is 2.41 bits per heavy atom. The molecule has 1 aliphatic heterocycles. The maximum absolute atomic E-state index is 12.6. The Balaban J connectivity index is 1.13. The van der Waals surface area contributed by atoms with Crippen molar-refractivity contribution < 1.29 is 19.4 Å². The van der Waals surface area contributed by atoms with Gasteiger partial charge in [-0.25, -0.2) is 9.59 Å². The molecule has 1 heterocycles. The predicted octanol–water partition coefficient (Wildman–Crippen LogP) is 4.36. The first-order chi connectivity index (χ1) is 18.1. The number of rotatable bonds is 9. The van der Waals surface area contributed by atoms with Crippen LogP contribution in [0.2, 0.25) is 0 Å². The summed E-state index contributed by atoms with van der Waals surface area (Å²) in [7, 11) is 0. The van der Waals surface area contributed by atoms with E-state index < -0.39 is 6.09 Å². The molecule has 3 aromatic carbocycles. The number of amides is 3. The van der Waals surface area contributed by atoms with Crippen molar-refractivity contribution in [1.29, 1.82) is 0 Å². The van der Waals surface area contributed by atoms with E-state index in [1.807, 2.05) is 78.9 Å². The summed E-state index contributed by atoms with van der Waals surface area (Å²) in [5.41, 5.74) is 4.47. The van der Waals surface area contributed by atoms with Crippen LogP contribution in [0.3, 0.4) is 0 Å². The van der Waals surface area contributed by atoms with Crippen molar-refractivity contribution in [2.45, 2.75) is 32.1 Å². The second kappa shape index (κ2) is 13.4. The van der Waals surface area contributed by atoms with E-state index in [9.17, 15) is 14.7 Å². The summed E-state index contributed by atoms with van der Waals surface area (Å²) in [4.78, 5) is 26.9. The molecule has 0 unspecified atom stereocenters. The van der Waals surface area contributed by atoms with Crippen LogP contribution >= 0.6 is 0 Å². The minimum Gasteiger partial charge on any atom is -0.446 e. The van der Waals surface area contributed by atoms with Crippen LogP contribution in [0, 0.1) is 0 Å². The fraction of sp³-hybridized carbons (Fsp3) is 0.310. The number of piperidine rings is 1. The lowest BCUT2D eigenvalue weighted by atomic mass is 10.0. The van der Waals surface area contributed by atoms with Gasteiger partial charge in [0.2, 0.25) is 0 Å². The Labute approximate surface area is 217 Å². The van der Waals surface area contributed by atoms with Gasteiger partial charge in [-0.05, 0) is 35.6 Å². The third kappa shape index (κ3) is 8.06. The highest BCUT2D eigenvalue weighted by atomic mass is 16.6. The van der Waals surface area contributed by atoms with E-state index in [0.717, 1.165) is 60.4 Å². The van der Waals surface area contributed by atoms with Crippen LogP contribution < -0.4 is 16.0 Å². The van der Waals surface area contributed by atoms with Crippen molar-refractivity contribution >= 4 is 17.8 Å². The first-order valence-electron chi connectivity index (χ1n) is 12.7. The Bertz CT molecular complexity index is 1160. The minimum atomic E-state index is -0.440. The monoisotopic (exact) mass is 502 g/mol. The highest BCUT2D eigenvalue weighted by Gasteiger charge is 2.22. The quantitative estimate of drug-likeness (QED) is 0.348. The smallest absolute Gasteiger partial charge is 0.411 e. The van der Waals surface area contributed by atoms with Crippen LogP contribution in [0.25, 0.3) is 11.1 Å². The number of aliphatic hydroxyl groups is 1. The third-order valence-corrected chi connectivity index (χ3v) is 6.40. The molecule has 8 heteroatoms. The molecule has 0 aromatic heterocycles. The molecule has 8 nitrogen and oxygen atoms in total. The zero-order valence-corrected chi connectivity index (χ0v) is 20.9. The van der Waals surface area contributed by atoms with Gasteiger partial charge in [-0.3, -0.25) is 5.32 Å². The molecule has 4 N–H and O–H groups in total. The number of urea groups is 1. The van der Waals surface area contributed by atoms with Gasteiger partial charge in [-0.2, -0.15) is 0 Å². The third-order valence-electron chi connectivity index (χ3n) is 6.40. The largest absolute Gasteiger partial charge is 0.446 e. The molecule has 0 bridgehead atoms. The van der Waals surface area contributed by atoms with Gasteiger partial charge in [0.1, 0.15) is 6.10 Å². The summed E-state index contributed by atoms with van der Waals surface area (Å²) in [5, 5.41) is 17.8. The topological polar surface area (TPSA) is 103 Å². The number of aliphatic hydroxyl groups excluding tert-OH is 1. The predicted molar refractivity (Wildman–Crippen MR) is 144 cm³/mol. The number of nitrogens with zero attached hydrogens (tertiary/aromatic N) is 1. The van der Waals surface area contributed by atoms with E-state index in [0.29, 0.717) is 13.1 Å². The maximum atomic E-state index is 12.6. The van der Waals surface area contributed by atoms with Gasteiger partial charge in [-0.1, -0.05) is 72.8 Å². The number of likely N-dealkylation sites (tertiary alicyclic amines) is 1. The lowest BCUT2D eigenvalue weighted by Crippen LogP contribution is -2.44. The number of carbonyl (C=O) groups excluding carboxylic acids is 2. The molecular weight excluding hydrogens is 468 g/mol. The molecule has 3 aromatic rings. The molecule has 1 aliphatic rings. The van der Waals surface area contributed by atoms with Crippen molar-refractivity contribution in [3.05, 3.63) is 90.0 Å². The lowest BCUT2D eigenvalue weighted by Gasteiger charge is -2.31. The number of nitrogens with one attached hydrogen (secondary N) is 3. The van der Waals surface area contributed by atoms with Gasteiger partial charge in [0, 0.05) is 38.3 Å². The summed E-state index contributed by atoms with van der Waals surface area (Å²) in [5.74, 6) is 0. The summed E-state index contributed by atoms with van der Waals surface area (Å²) in [6.07, 6.45) is 0.929. The normalized spacial score (nSPS) is 14.1. The van der Waals surface area contributed by atoms with Gasteiger partial charge in [0.15, 0.2) is 0 Å². The van der Waals surface area contributed by atoms with Gasteiger partial charge >= 0.3 is 12.1 Å². The minimum absolute atomic E-state index is 0.0192. The first-order valence-corrected chi connectivity index (χ1v) is 12.7. The zero-order chi connectivity index (χ0) is 25.9. The van der Waals surface area contributed by atoms with Crippen molar-refractivity contribution in [3.63, 3.8) is 0 Å². The number of hydrogen-bond acceptors (Lipinski definition) is 5. The van der Waals surface area contributed by atoms with Crippen molar-refractivity contribution in [2.75, 3.05) is 31.5 Å². The van der Waals surface area contributed by atoms with Crippen molar-refractivity contribution in [3.8, 4) is 11.1 Å². The second-order valence-corrected chi connectivity index (χ2v) is 9.07. The molecule has 1 saturated heterocycles. The second-order valence-electron chi connectivity index (χ2n) is 9.07. The van der Waals surface area contributed by atoms with Gasteiger partial charge < -0.3 is 25.4 Å². The van der Waals surface area contributed by atoms with Crippen LogP contribution in [0.15, 0.2) is 78.9 Å². The number of hydrogen-bond donors (Lipinski definition) is 4. The Kier molecular flexibility index (Phi) is 9.51. The standard InChI is InChI=1S/C29H34N4O4/c34-21-23-8-6-7-22(19-23)20-31-28(35)30-15-18-33-16-13-25(14-17-33)37-29(36)32-27-12-5-4-11-26(27)24-9-2-1-3-10-24/h1-12,19,25,34H,13-18,20-21H2,(H,32,36)(H2,30,31,35). The van der Waals surface area contributed by atoms with Crippen LogP contribution in [0.5, 0.6) is 0 Å². The summed E-state index contributed by atoms with van der Waals surface area (Å²) in [6, 6.07) is 24.9. The van der Waals surface area contributed by atoms with E-state index in [1.165, 1.54) is 0 Å². The Morgan fingerprint density at radius 1 is 0.892 bits per heavy atom. The van der Waals surface area contributed by atoms with Gasteiger partial charge in [0.05, 0.1) is 12.3 Å². The van der Waals surface area contributed by atoms with Crippen LogP contribution in [0.1, 0.15) is 24.0 Å². The number of ether oxygens (including phenoxy) is 1. The van der Waals surface area contributed by atoms with E-state index >= 15 is 0 Å². The molecule has 0 aliphatic carbocycles. The summed E-state index contributed by atoms with van der Waals surface area (Å²) in [6.45, 7) is 3.25. The fourth-order valence-electron chi connectivity index (χ4n) is 4.41. The number of carbonyl (C=O) groups is 2. The first kappa shape index (κ1) is 26.2. The zero-order valence-electron chi connectivity index (χ0n) is 20.9. The van der Waals surface area contributed by atoms with Crippen LogP contribution in [0.4, 0.5) is 15.3 Å². The Hall–Kier alpha value is -3.88. The van der Waals surface area contributed by atoms with E-state index in [1.54, 1.807) is 0 Å². The maximum Gasteiger partial charge on any atom is 0.411 e. The molecule has 1 fully saturated rings. The Morgan fingerprint density at radius 2 is 1.62 bits per heavy atom. The van der Waals surface area contributed by atoms with E-state index in [-0.39, 0.29) is 18.7 Å². The number of benzene rings is 3. The number of anilines is 1. The molecule has 37 heavy (non-hydrogen) atoms. The molecule has 0 spiro atoms. The van der Waals surface area contributed by atoms with E-state index in [4.69, 9.17) is 4.74 Å². The average Bonchev–Trinajstić information content (AvgIpc) is 2.94. The average molecular weight is 503 g/mol. The van der Waals surface area contributed by atoms with E-state index in [2.05, 4.69) is 20.9 Å². The highest BCUT2D eigenvalue weighted by molar-refractivity contribution is 5.91. The fourth-order valence-corrected chi connectivity index (χ4v) is 4.41. The summed E-state index contributed by atoms with van der Waals surface area (Å²) >= 11 is 0. The molecule has 4 rings (SSSR count). The van der Waals surface area contributed by atoms with Crippen molar-refractivity contribution in [1.82, 2.24) is 15.5 Å². The molecule has 0 atom stereocenters.